The normalized spacial score (nSPS) is 16.6. The number of para-hydroxylation sites is 1. The van der Waals surface area contributed by atoms with E-state index in [1.165, 1.54) is 41.4 Å². The Kier molecular flexibility index (Phi) is 7.72. The Morgan fingerprint density at radius 1 is 1.03 bits per heavy atom. The Morgan fingerprint density at radius 3 is 2.47 bits per heavy atom. The van der Waals surface area contributed by atoms with Crippen molar-refractivity contribution in [2.24, 2.45) is 5.92 Å². The van der Waals surface area contributed by atoms with Gasteiger partial charge in [-0.3, -0.25) is 4.79 Å². The molecule has 0 aliphatic carbocycles. The molecule has 0 bridgehead atoms. The SMILES string of the molecule is CC(C)CNC(=O)c1ccc2c(c1)N(C(C)CN1CCCC1)c1ccccc1S2.Cl. The molecule has 4 nitrogen and oxygen atoms in total. The summed E-state index contributed by atoms with van der Waals surface area (Å²) in [5.74, 6) is 0.452. The average Bonchev–Trinajstić information content (AvgIpc) is 3.22. The quantitative estimate of drug-likeness (QED) is 0.629. The van der Waals surface area contributed by atoms with Gasteiger partial charge in [0.15, 0.2) is 0 Å². The van der Waals surface area contributed by atoms with Crippen LogP contribution in [0.15, 0.2) is 52.3 Å². The Balaban J connectivity index is 0.00000256. The first-order chi connectivity index (χ1) is 14.0. The van der Waals surface area contributed by atoms with Crippen LogP contribution in [0.2, 0.25) is 0 Å². The van der Waals surface area contributed by atoms with Crippen LogP contribution in [0.3, 0.4) is 0 Å². The van der Waals surface area contributed by atoms with Gasteiger partial charge in [0.1, 0.15) is 0 Å². The third kappa shape index (κ3) is 4.96. The zero-order valence-electron chi connectivity index (χ0n) is 18.1. The van der Waals surface area contributed by atoms with Crippen molar-refractivity contribution in [1.82, 2.24) is 10.2 Å². The summed E-state index contributed by atoms with van der Waals surface area (Å²) in [6.07, 6.45) is 2.60. The molecule has 0 aromatic heterocycles. The molecule has 162 valence electrons. The van der Waals surface area contributed by atoms with Crippen molar-refractivity contribution in [3.8, 4) is 0 Å². The standard InChI is InChI=1S/C24H31N3OS.ClH/c1-17(2)15-25-24(28)19-10-11-23-21(14-19)27(18(3)16-26-12-6-7-13-26)20-8-4-5-9-22(20)29-23;/h4-5,8-11,14,17-18H,6-7,12-13,15-16H2,1-3H3,(H,25,28);1H. The number of rotatable bonds is 6. The lowest BCUT2D eigenvalue weighted by Gasteiger charge is -2.39. The largest absolute Gasteiger partial charge is 0.352 e. The molecule has 2 aromatic carbocycles. The summed E-state index contributed by atoms with van der Waals surface area (Å²) >= 11 is 1.80. The molecule has 2 aliphatic rings. The maximum absolute atomic E-state index is 12.7. The number of likely N-dealkylation sites (tertiary alicyclic amines) is 1. The van der Waals surface area contributed by atoms with Gasteiger partial charge in [0.25, 0.3) is 5.91 Å². The number of fused-ring (bicyclic) bond motifs is 2. The number of carbonyl (C=O) groups is 1. The van der Waals surface area contributed by atoms with Crippen LogP contribution >= 0.6 is 24.2 Å². The summed E-state index contributed by atoms with van der Waals surface area (Å²) in [6, 6.07) is 15.1. The second-order valence-electron chi connectivity index (χ2n) is 8.58. The number of nitrogens with zero attached hydrogens (tertiary/aromatic N) is 2. The topological polar surface area (TPSA) is 35.6 Å². The number of carbonyl (C=O) groups excluding carboxylic acids is 1. The van der Waals surface area contributed by atoms with Crippen LogP contribution in [0.25, 0.3) is 0 Å². The van der Waals surface area contributed by atoms with Crippen molar-refractivity contribution in [3.05, 3.63) is 48.0 Å². The van der Waals surface area contributed by atoms with Gasteiger partial charge in [-0.15, -0.1) is 12.4 Å². The summed E-state index contributed by atoms with van der Waals surface area (Å²) in [5.41, 5.74) is 3.14. The first-order valence-corrected chi connectivity index (χ1v) is 11.6. The molecule has 1 amide bonds. The van der Waals surface area contributed by atoms with Crippen molar-refractivity contribution < 1.29 is 4.79 Å². The molecular weight excluding hydrogens is 414 g/mol. The smallest absolute Gasteiger partial charge is 0.251 e. The zero-order chi connectivity index (χ0) is 20.4. The van der Waals surface area contributed by atoms with Gasteiger partial charge >= 0.3 is 0 Å². The van der Waals surface area contributed by atoms with Crippen molar-refractivity contribution in [2.45, 2.75) is 49.4 Å². The molecule has 30 heavy (non-hydrogen) atoms. The highest BCUT2D eigenvalue weighted by Crippen LogP contribution is 2.49. The molecule has 1 atom stereocenters. The number of hydrogen-bond acceptors (Lipinski definition) is 4. The van der Waals surface area contributed by atoms with E-state index < -0.39 is 0 Å². The zero-order valence-corrected chi connectivity index (χ0v) is 19.7. The lowest BCUT2D eigenvalue weighted by atomic mass is 10.1. The molecule has 2 aromatic rings. The molecule has 2 aliphatic heterocycles. The highest BCUT2D eigenvalue weighted by molar-refractivity contribution is 7.99. The maximum Gasteiger partial charge on any atom is 0.251 e. The van der Waals surface area contributed by atoms with Crippen molar-refractivity contribution in [2.75, 3.05) is 31.1 Å². The fraction of sp³-hybridized carbons (Fsp3) is 0.458. The van der Waals surface area contributed by atoms with Crippen LogP contribution in [0, 0.1) is 5.92 Å². The number of halogens is 1. The average molecular weight is 446 g/mol. The maximum atomic E-state index is 12.7. The van der Waals surface area contributed by atoms with Gasteiger partial charge in [0.2, 0.25) is 0 Å². The molecule has 1 fully saturated rings. The van der Waals surface area contributed by atoms with Crippen LogP contribution in [0.4, 0.5) is 11.4 Å². The fourth-order valence-corrected chi connectivity index (χ4v) is 5.27. The second kappa shape index (κ2) is 10.1. The fourth-order valence-electron chi connectivity index (χ4n) is 4.22. The molecule has 4 rings (SSSR count). The van der Waals surface area contributed by atoms with Gasteiger partial charge in [-0.2, -0.15) is 0 Å². The first-order valence-electron chi connectivity index (χ1n) is 10.7. The van der Waals surface area contributed by atoms with E-state index in [4.69, 9.17) is 0 Å². The molecule has 1 unspecified atom stereocenters. The van der Waals surface area contributed by atoms with E-state index >= 15 is 0 Å². The number of amides is 1. The Morgan fingerprint density at radius 2 is 1.73 bits per heavy atom. The predicted octanol–water partition coefficient (Wildman–Crippen LogP) is 5.58. The van der Waals surface area contributed by atoms with Crippen molar-refractivity contribution >= 4 is 41.5 Å². The number of nitrogens with one attached hydrogen (secondary N) is 1. The Hall–Kier alpha value is -1.69. The van der Waals surface area contributed by atoms with Gasteiger partial charge < -0.3 is 15.1 Å². The predicted molar refractivity (Wildman–Crippen MR) is 129 cm³/mol. The summed E-state index contributed by atoms with van der Waals surface area (Å²) < 4.78 is 0. The lowest BCUT2D eigenvalue weighted by molar-refractivity contribution is 0.0949. The van der Waals surface area contributed by atoms with Gasteiger partial charge in [-0.05, 0) is 69.1 Å². The minimum absolute atomic E-state index is 0. The Bertz CT molecular complexity index is 883. The van der Waals surface area contributed by atoms with Gasteiger partial charge in [-0.25, -0.2) is 0 Å². The minimum Gasteiger partial charge on any atom is -0.352 e. The van der Waals surface area contributed by atoms with Crippen molar-refractivity contribution in [1.29, 1.82) is 0 Å². The molecule has 1 saturated heterocycles. The minimum atomic E-state index is 0. The molecular formula is C24H32ClN3OS. The highest BCUT2D eigenvalue weighted by Gasteiger charge is 2.29. The van der Waals surface area contributed by atoms with E-state index in [2.05, 4.69) is 72.3 Å². The highest BCUT2D eigenvalue weighted by atomic mass is 35.5. The lowest BCUT2D eigenvalue weighted by Crippen LogP contribution is -2.40. The molecule has 2 heterocycles. The van der Waals surface area contributed by atoms with Gasteiger partial charge in [0, 0.05) is 34.5 Å². The molecule has 6 heteroatoms. The first kappa shape index (κ1) is 23.0. The van der Waals surface area contributed by atoms with Crippen LogP contribution < -0.4 is 10.2 Å². The van der Waals surface area contributed by atoms with E-state index in [0.29, 0.717) is 18.5 Å². The second-order valence-corrected chi connectivity index (χ2v) is 9.67. The number of anilines is 2. The Labute approximate surface area is 190 Å². The van der Waals surface area contributed by atoms with Gasteiger partial charge in [-0.1, -0.05) is 37.7 Å². The number of hydrogen-bond donors (Lipinski definition) is 1. The van der Waals surface area contributed by atoms with E-state index in [1.807, 2.05) is 6.07 Å². The van der Waals surface area contributed by atoms with E-state index in [1.54, 1.807) is 11.8 Å². The van der Waals surface area contributed by atoms with E-state index in [0.717, 1.165) is 17.8 Å². The summed E-state index contributed by atoms with van der Waals surface area (Å²) in [6.45, 7) is 10.7. The molecule has 0 spiro atoms. The van der Waals surface area contributed by atoms with E-state index in [9.17, 15) is 4.79 Å². The van der Waals surface area contributed by atoms with Crippen molar-refractivity contribution in [3.63, 3.8) is 0 Å². The number of benzene rings is 2. The molecule has 0 radical (unpaired) electrons. The molecule has 1 N–H and O–H groups in total. The monoisotopic (exact) mass is 445 g/mol. The van der Waals surface area contributed by atoms with Crippen LogP contribution in [-0.2, 0) is 0 Å². The van der Waals surface area contributed by atoms with Crippen LogP contribution in [0.5, 0.6) is 0 Å². The summed E-state index contributed by atoms with van der Waals surface area (Å²) in [4.78, 5) is 20.2. The van der Waals surface area contributed by atoms with Crippen LogP contribution in [0.1, 0.15) is 44.0 Å². The molecule has 0 saturated carbocycles. The van der Waals surface area contributed by atoms with E-state index in [-0.39, 0.29) is 18.3 Å². The van der Waals surface area contributed by atoms with Crippen LogP contribution in [-0.4, -0.2) is 43.0 Å². The summed E-state index contributed by atoms with van der Waals surface area (Å²) in [7, 11) is 0. The van der Waals surface area contributed by atoms with Gasteiger partial charge in [0.05, 0.1) is 11.4 Å². The third-order valence-corrected chi connectivity index (χ3v) is 6.79. The third-order valence-electron chi connectivity index (χ3n) is 5.66. The summed E-state index contributed by atoms with van der Waals surface area (Å²) in [5, 5.41) is 3.05.